The Bertz CT molecular complexity index is 365. The summed E-state index contributed by atoms with van der Waals surface area (Å²) in [6.45, 7) is 0.266. The van der Waals surface area contributed by atoms with Crippen molar-refractivity contribution in [3.05, 3.63) is 28.2 Å². The normalized spacial score (nSPS) is 20.8. The van der Waals surface area contributed by atoms with Crippen molar-refractivity contribution in [2.24, 2.45) is 5.73 Å². The third-order valence-corrected chi connectivity index (χ3v) is 2.46. The van der Waals surface area contributed by atoms with Gasteiger partial charge in [-0.15, -0.1) is 0 Å². The lowest BCUT2D eigenvalue weighted by Crippen LogP contribution is -2.40. The molecule has 0 saturated carbocycles. The predicted molar refractivity (Wildman–Crippen MR) is 51.9 cm³/mol. The largest absolute Gasteiger partial charge is 0.491 e. The van der Waals surface area contributed by atoms with Gasteiger partial charge in [0.25, 0.3) is 0 Å². The van der Waals surface area contributed by atoms with Gasteiger partial charge >= 0.3 is 0 Å². The number of Topliss-reactive ketones (excluding diaryl/α,β-unsaturated/α-hetero) is 1. The molecular formula is C9H8BrNO2. The molecule has 13 heavy (non-hydrogen) atoms. The van der Waals surface area contributed by atoms with Gasteiger partial charge < -0.3 is 10.5 Å². The minimum absolute atomic E-state index is 0.0475. The van der Waals surface area contributed by atoms with E-state index in [1.807, 2.05) is 0 Å². The van der Waals surface area contributed by atoms with E-state index >= 15 is 0 Å². The van der Waals surface area contributed by atoms with Crippen LogP contribution in [0.1, 0.15) is 10.4 Å². The Morgan fingerprint density at radius 3 is 3.08 bits per heavy atom. The average Bonchev–Trinajstić information content (AvgIpc) is 2.12. The summed E-state index contributed by atoms with van der Waals surface area (Å²) in [5.74, 6) is 0.565. The molecule has 0 spiro atoms. The Hall–Kier alpha value is -0.870. The molecule has 1 atom stereocenters. The van der Waals surface area contributed by atoms with Crippen LogP contribution in [0.15, 0.2) is 22.7 Å². The number of fused-ring (bicyclic) bond motifs is 1. The maximum Gasteiger partial charge on any atom is 0.186 e. The van der Waals surface area contributed by atoms with Crippen molar-refractivity contribution < 1.29 is 9.53 Å². The van der Waals surface area contributed by atoms with Gasteiger partial charge in [-0.3, -0.25) is 4.79 Å². The van der Waals surface area contributed by atoms with Crippen LogP contribution in [0.3, 0.4) is 0 Å². The minimum Gasteiger partial charge on any atom is -0.491 e. The molecular weight excluding hydrogens is 234 g/mol. The maximum absolute atomic E-state index is 11.5. The number of nitrogens with two attached hydrogens (primary N) is 1. The monoisotopic (exact) mass is 241 g/mol. The zero-order chi connectivity index (χ0) is 9.42. The Balaban J connectivity index is 2.50. The zero-order valence-corrected chi connectivity index (χ0v) is 8.37. The molecule has 0 amide bonds. The van der Waals surface area contributed by atoms with Gasteiger partial charge in [-0.2, -0.15) is 0 Å². The van der Waals surface area contributed by atoms with Crippen molar-refractivity contribution in [3.63, 3.8) is 0 Å². The lowest BCUT2D eigenvalue weighted by molar-refractivity contribution is 0.0899. The second kappa shape index (κ2) is 3.12. The first-order chi connectivity index (χ1) is 6.18. The topological polar surface area (TPSA) is 52.3 Å². The summed E-state index contributed by atoms with van der Waals surface area (Å²) in [6.07, 6.45) is 0. The number of rotatable bonds is 0. The van der Waals surface area contributed by atoms with Crippen molar-refractivity contribution in [2.45, 2.75) is 6.04 Å². The third-order valence-electron chi connectivity index (χ3n) is 1.96. The summed E-state index contributed by atoms with van der Waals surface area (Å²) < 4.78 is 6.21. The van der Waals surface area contributed by atoms with E-state index in [2.05, 4.69) is 15.9 Å². The smallest absolute Gasteiger partial charge is 0.186 e. The van der Waals surface area contributed by atoms with Crippen molar-refractivity contribution in [1.82, 2.24) is 0 Å². The predicted octanol–water partition coefficient (Wildman–Crippen LogP) is 1.35. The molecule has 4 heteroatoms. The molecule has 1 aromatic carbocycles. The van der Waals surface area contributed by atoms with Crippen molar-refractivity contribution in [1.29, 1.82) is 0 Å². The standard InChI is InChI=1S/C9H8BrNO2/c10-5-1-2-6-8(3-5)13-4-7(11)9(6)12/h1-3,7H,4,11H2. The van der Waals surface area contributed by atoms with Gasteiger partial charge in [0.2, 0.25) is 0 Å². The van der Waals surface area contributed by atoms with Gasteiger partial charge in [-0.05, 0) is 18.2 Å². The molecule has 2 rings (SSSR count). The number of benzene rings is 1. The maximum atomic E-state index is 11.5. The molecule has 1 aliphatic rings. The molecule has 1 heterocycles. The molecule has 0 aromatic heterocycles. The van der Waals surface area contributed by atoms with E-state index < -0.39 is 6.04 Å². The fourth-order valence-electron chi connectivity index (χ4n) is 1.27. The molecule has 0 saturated heterocycles. The van der Waals surface area contributed by atoms with E-state index in [1.165, 1.54) is 0 Å². The number of halogens is 1. The summed E-state index contributed by atoms with van der Waals surface area (Å²) in [5, 5.41) is 0. The molecule has 1 aliphatic heterocycles. The summed E-state index contributed by atoms with van der Waals surface area (Å²) >= 11 is 3.30. The minimum atomic E-state index is -0.520. The Labute approximate surface area is 84.0 Å². The van der Waals surface area contributed by atoms with Crippen molar-refractivity contribution in [3.8, 4) is 5.75 Å². The van der Waals surface area contributed by atoms with Crippen LogP contribution in [-0.4, -0.2) is 18.4 Å². The first kappa shape index (κ1) is 8.72. The van der Waals surface area contributed by atoms with Crippen LogP contribution < -0.4 is 10.5 Å². The van der Waals surface area contributed by atoms with Crippen LogP contribution in [0.4, 0.5) is 0 Å². The summed E-state index contributed by atoms with van der Waals surface area (Å²) in [4.78, 5) is 11.5. The van der Waals surface area contributed by atoms with Crippen LogP contribution in [-0.2, 0) is 0 Å². The van der Waals surface area contributed by atoms with E-state index in [0.29, 0.717) is 11.3 Å². The number of carbonyl (C=O) groups is 1. The average molecular weight is 242 g/mol. The van der Waals surface area contributed by atoms with Crippen LogP contribution in [0.2, 0.25) is 0 Å². The van der Waals surface area contributed by atoms with Crippen molar-refractivity contribution in [2.75, 3.05) is 6.61 Å². The highest BCUT2D eigenvalue weighted by Crippen LogP contribution is 2.27. The molecule has 2 N–H and O–H groups in total. The third kappa shape index (κ3) is 1.47. The first-order valence-corrected chi connectivity index (χ1v) is 4.70. The van der Waals surface area contributed by atoms with E-state index in [0.717, 1.165) is 4.47 Å². The molecule has 1 unspecified atom stereocenters. The molecule has 0 fully saturated rings. The molecule has 0 radical (unpaired) electrons. The molecule has 0 aliphatic carbocycles. The van der Waals surface area contributed by atoms with Gasteiger partial charge in [0, 0.05) is 4.47 Å². The summed E-state index contributed by atoms with van der Waals surface area (Å²) in [7, 11) is 0. The number of hydrogen-bond acceptors (Lipinski definition) is 3. The SMILES string of the molecule is NC1COc2cc(Br)ccc2C1=O. The number of hydrogen-bond donors (Lipinski definition) is 1. The van der Waals surface area contributed by atoms with Crippen LogP contribution in [0, 0.1) is 0 Å². The second-order valence-corrected chi connectivity index (χ2v) is 3.84. The number of ketones is 1. The molecule has 3 nitrogen and oxygen atoms in total. The van der Waals surface area contributed by atoms with E-state index in [4.69, 9.17) is 10.5 Å². The number of carbonyl (C=O) groups excluding carboxylic acids is 1. The Kier molecular flexibility index (Phi) is 2.09. The van der Waals surface area contributed by atoms with E-state index in [-0.39, 0.29) is 12.4 Å². The lowest BCUT2D eigenvalue weighted by atomic mass is 10.0. The van der Waals surface area contributed by atoms with Gasteiger partial charge in [-0.25, -0.2) is 0 Å². The van der Waals surface area contributed by atoms with Gasteiger partial charge in [0.05, 0.1) is 5.56 Å². The summed E-state index contributed by atoms with van der Waals surface area (Å²) in [6, 6.07) is 4.78. The van der Waals surface area contributed by atoms with E-state index in [1.54, 1.807) is 18.2 Å². The van der Waals surface area contributed by atoms with Gasteiger partial charge in [-0.1, -0.05) is 15.9 Å². The zero-order valence-electron chi connectivity index (χ0n) is 6.79. The van der Waals surface area contributed by atoms with Crippen LogP contribution in [0.5, 0.6) is 5.75 Å². The second-order valence-electron chi connectivity index (χ2n) is 2.92. The highest BCUT2D eigenvalue weighted by Gasteiger charge is 2.25. The molecule has 0 bridgehead atoms. The fraction of sp³-hybridized carbons (Fsp3) is 0.222. The summed E-state index contributed by atoms with van der Waals surface area (Å²) in [5.41, 5.74) is 6.12. The molecule has 1 aromatic rings. The van der Waals surface area contributed by atoms with Gasteiger partial charge in [0.15, 0.2) is 5.78 Å². The highest BCUT2D eigenvalue weighted by molar-refractivity contribution is 9.10. The highest BCUT2D eigenvalue weighted by atomic mass is 79.9. The number of ether oxygens (including phenoxy) is 1. The lowest BCUT2D eigenvalue weighted by Gasteiger charge is -2.21. The van der Waals surface area contributed by atoms with E-state index in [9.17, 15) is 4.79 Å². The quantitative estimate of drug-likeness (QED) is 0.747. The first-order valence-electron chi connectivity index (χ1n) is 3.90. The Morgan fingerprint density at radius 2 is 2.31 bits per heavy atom. The molecule has 68 valence electrons. The van der Waals surface area contributed by atoms with Crippen LogP contribution in [0.25, 0.3) is 0 Å². The Morgan fingerprint density at radius 1 is 1.54 bits per heavy atom. The fourth-order valence-corrected chi connectivity index (χ4v) is 1.61. The van der Waals surface area contributed by atoms with Gasteiger partial charge in [0.1, 0.15) is 18.4 Å². The van der Waals surface area contributed by atoms with Crippen LogP contribution >= 0.6 is 15.9 Å². The van der Waals surface area contributed by atoms with Crippen molar-refractivity contribution >= 4 is 21.7 Å².